The molecule has 0 N–H and O–H groups in total. The molecule has 0 atom stereocenters. The van der Waals surface area contributed by atoms with Crippen molar-refractivity contribution in [3.63, 3.8) is 0 Å². The Bertz CT molecular complexity index is 501. The number of hydrogen-bond donors (Lipinski definition) is 0. The van der Waals surface area contributed by atoms with E-state index >= 15 is 0 Å². The van der Waals surface area contributed by atoms with Crippen molar-refractivity contribution in [2.24, 2.45) is 0 Å². The van der Waals surface area contributed by atoms with Gasteiger partial charge in [-0.15, -0.1) is 11.8 Å². The number of likely N-dealkylation sites (tertiary alicyclic amines) is 1. The van der Waals surface area contributed by atoms with E-state index in [1.165, 1.54) is 24.3 Å². The molecule has 1 heterocycles. The first-order chi connectivity index (χ1) is 9.10. The summed E-state index contributed by atoms with van der Waals surface area (Å²) < 4.78 is 12.5. The van der Waals surface area contributed by atoms with E-state index in [1.54, 1.807) is 16.7 Å². The molecule has 3 nitrogen and oxygen atoms in total. The highest BCUT2D eigenvalue weighted by molar-refractivity contribution is 8.00. The van der Waals surface area contributed by atoms with Crippen molar-refractivity contribution < 1.29 is 9.18 Å². The maximum atomic E-state index is 12.8. The summed E-state index contributed by atoms with van der Waals surface area (Å²) in [6, 6.07) is 7.93. The van der Waals surface area contributed by atoms with Gasteiger partial charge in [0.2, 0.25) is 0 Å². The van der Waals surface area contributed by atoms with Gasteiger partial charge in [-0.05, 0) is 43.4 Å². The van der Waals surface area contributed by atoms with Crippen molar-refractivity contribution in [1.82, 2.24) is 4.90 Å². The number of carbonyl (C=O) groups excluding carboxylic acids is 1. The van der Waals surface area contributed by atoms with Gasteiger partial charge in [0.1, 0.15) is 10.6 Å². The fraction of sp³-hybridized carbons (Fsp3) is 0.429. The van der Waals surface area contributed by atoms with Crippen LogP contribution in [0.1, 0.15) is 23.2 Å². The van der Waals surface area contributed by atoms with E-state index in [-0.39, 0.29) is 16.5 Å². The Hall–Kier alpha value is -1.54. The molecule has 0 aromatic heterocycles. The number of hydrogen-bond acceptors (Lipinski definition) is 3. The first kappa shape index (κ1) is 13.9. The van der Waals surface area contributed by atoms with Crippen molar-refractivity contribution in [2.45, 2.75) is 17.6 Å². The number of halogens is 1. The maximum Gasteiger partial charge on any atom is 0.253 e. The summed E-state index contributed by atoms with van der Waals surface area (Å²) in [5.41, 5.74) is 0.495. The molecule has 0 aliphatic carbocycles. The number of rotatable bonds is 2. The highest BCUT2D eigenvalue weighted by Crippen LogP contribution is 2.34. The van der Waals surface area contributed by atoms with Gasteiger partial charge in [-0.3, -0.25) is 4.79 Å². The molecule has 0 saturated carbocycles. The lowest BCUT2D eigenvalue weighted by Crippen LogP contribution is -2.44. The number of amides is 1. The van der Waals surface area contributed by atoms with Crippen molar-refractivity contribution >= 4 is 17.7 Å². The Balaban J connectivity index is 2.04. The lowest BCUT2D eigenvalue weighted by atomic mass is 9.96. The van der Waals surface area contributed by atoms with Crippen LogP contribution in [0.4, 0.5) is 4.39 Å². The van der Waals surface area contributed by atoms with E-state index in [0.717, 1.165) is 0 Å². The molecule has 0 radical (unpaired) electrons. The summed E-state index contributed by atoms with van der Waals surface area (Å²) in [7, 11) is 0. The van der Waals surface area contributed by atoms with Crippen LogP contribution in [0.15, 0.2) is 24.3 Å². The second kappa shape index (κ2) is 5.62. The quantitative estimate of drug-likeness (QED) is 0.835. The molecule has 1 amide bonds. The third-order valence-corrected chi connectivity index (χ3v) is 4.83. The zero-order valence-electron chi connectivity index (χ0n) is 10.7. The second-order valence-corrected chi connectivity index (χ2v) is 5.80. The van der Waals surface area contributed by atoms with Crippen molar-refractivity contribution in [3.8, 4) is 6.07 Å². The van der Waals surface area contributed by atoms with Gasteiger partial charge in [-0.25, -0.2) is 4.39 Å². The summed E-state index contributed by atoms with van der Waals surface area (Å²) in [6.07, 6.45) is 3.29. The SMILES string of the molecule is CSC1(C#N)CCN(C(=O)c2ccc(F)cc2)CC1. The predicted octanol–water partition coefficient (Wildman–Crippen LogP) is 2.69. The van der Waals surface area contributed by atoms with E-state index in [1.807, 2.05) is 6.26 Å². The van der Waals surface area contributed by atoms with Gasteiger partial charge in [0.15, 0.2) is 0 Å². The molecule has 0 bridgehead atoms. The number of nitriles is 1. The Labute approximate surface area is 116 Å². The summed E-state index contributed by atoms with van der Waals surface area (Å²) >= 11 is 1.56. The van der Waals surface area contributed by atoms with Gasteiger partial charge in [0, 0.05) is 18.7 Å². The maximum absolute atomic E-state index is 12.8. The average molecular weight is 278 g/mol. The lowest BCUT2D eigenvalue weighted by Gasteiger charge is -2.36. The zero-order chi connectivity index (χ0) is 13.9. The van der Waals surface area contributed by atoms with E-state index in [4.69, 9.17) is 0 Å². The van der Waals surface area contributed by atoms with Crippen LogP contribution in [-0.4, -0.2) is 34.9 Å². The third kappa shape index (κ3) is 2.90. The number of nitrogens with zero attached hydrogens (tertiary/aromatic N) is 2. The molecule has 0 unspecified atom stereocenters. The Morgan fingerprint density at radius 1 is 1.37 bits per heavy atom. The number of piperidine rings is 1. The van der Waals surface area contributed by atoms with Crippen molar-refractivity contribution in [1.29, 1.82) is 5.26 Å². The summed E-state index contributed by atoms with van der Waals surface area (Å²) in [6.45, 7) is 1.15. The second-order valence-electron chi connectivity index (χ2n) is 4.61. The van der Waals surface area contributed by atoms with Crippen LogP contribution in [0, 0.1) is 17.1 Å². The van der Waals surface area contributed by atoms with E-state index < -0.39 is 0 Å². The minimum absolute atomic E-state index is 0.0901. The predicted molar refractivity (Wildman–Crippen MR) is 73.4 cm³/mol. The van der Waals surface area contributed by atoms with Crippen LogP contribution < -0.4 is 0 Å². The monoisotopic (exact) mass is 278 g/mol. The fourth-order valence-corrected chi connectivity index (χ4v) is 2.89. The van der Waals surface area contributed by atoms with E-state index in [9.17, 15) is 14.4 Å². The molecular formula is C14H15FN2OS. The standard InChI is InChI=1S/C14H15FN2OS/c1-19-14(10-16)6-8-17(9-7-14)13(18)11-2-4-12(15)5-3-11/h2-5H,6-9H2,1H3. The first-order valence-corrected chi connectivity index (χ1v) is 7.34. The van der Waals surface area contributed by atoms with Crippen LogP contribution in [0.2, 0.25) is 0 Å². The van der Waals surface area contributed by atoms with Crippen molar-refractivity contribution in [3.05, 3.63) is 35.6 Å². The molecule has 0 spiro atoms. The molecule has 1 aromatic rings. The molecule has 1 aromatic carbocycles. The number of benzene rings is 1. The van der Waals surface area contributed by atoms with E-state index in [2.05, 4.69) is 6.07 Å². The van der Waals surface area contributed by atoms with Crippen LogP contribution >= 0.6 is 11.8 Å². The van der Waals surface area contributed by atoms with Gasteiger partial charge in [-0.1, -0.05) is 0 Å². The van der Waals surface area contributed by atoms with Crippen LogP contribution in [-0.2, 0) is 0 Å². The molecule has 100 valence electrons. The number of thioether (sulfide) groups is 1. The van der Waals surface area contributed by atoms with Gasteiger partial charge in [0.25, 0.3) is 5.91 Å². The van der Waals surface area contributed by atoms with Gasteiger partial charge < -0.3 is 4.90 Å². The average Bonchev–Trinajstić information content (AvgIpc) is 2.47. The smallest absolute Gasteiger partial charge is 0.253 e. The zero-order valence-corrected chi connectivity index (χ0v) is 11.5. The highest BCUT2D eigenvalue weighted by Gasteiger charge is 2.35. The van der Waals surface area contributed by atoms with Crippen LogP contribution in [0.25, 0.3) is 0 Å². The molecule has 5 heteroatoms. The summed E-state index contributed by atoms with van der Waals surface area (Å²) in [5.74, 6) is -0.436. The minimum Gasteiger partial charge on any atom is -0.338 e. The van der Waals surface area contributed by atoms with Gasteiger partial charge in [-0.2, -0.15) is 5.26 Å². The Kier molecular flexibility index (Phi) is 4.11. The Morgan fingerprint density at radius 3 is 2.42 bits per heavy atom. The largest absolute Gasteiger partial charge is 0.338 e. The van der Waals surface area contributed by atoms with Gasteiger partial charge in [0.05, 0.1) is 6.07 Å². The van der Waals surface area contributed by atoms with Crippen molar-refractivity contribution in [2.75, 3.05) is 19.3 Å². The molecular weight excluding hydrogens is 263 g/mol. The molecule has 1 fully saturated rings. The first-order valence-electron chi connectivity index (χ1n) is 6.11. The van der Waals surface area contributed by atoms with Gasteiger partial charge >= 0.3 is 0 Å². The minimum atomic E-state index is -0.362. The highest BCUT2D eigenvalue weighted by atomic mass is 32.2. The topological polar surface area (TPSA) is 44.1 Å². The molecule has 2 rings (SSSR count). The van der Waals surface area contributed by atoms with Crippen LogP contribution in [0.3, 0.4) is 0 Å². The Morgan fingerprint density at radius 2 is 1.95 bits per heavy atom. The molecule has 1 saturated heterocycles. The lowest BCUT2D eigenvalue weighted by molar-refractivity contribution is 0.0716. The molecule has 1 aliphatic rings. The van der Waals surface area contributed by atoms with E-state index in [0.29, 0.717) is 31.5 Å². The molecule has 1 aliphatic heterocycles. The van der Waals surface area contributed by atoms with Crippen LogP contribution in [0.5, 0.6) is 0 Å². The number of carbonyl (C=O) groups is 1. The summed E-state index contributed by atoms with van der Waals surface area (Å²) in [4.78, 5) is 13.9. The normalized spacial score (nSPS) is 17.8. The summed E-state index contributed by atoms with van der Waals surface area (Å²) in [5, 5.41) is 9.20. The third-order valence-electron chi connectivity index (χ3n) is 3.54. The fourth-order valence-electron chi connectivity index (χ4n) is 2.21. The molecule has 19 heavy (non-hydrogen) atoms.